The van der Waals surface area contributed by atoms with Crippen LogP contribution in [0.2, 0.25) is 0 Å². The minimum absolute atomic E-state index is 0.0648. The van der Waals surface area contributed by atoms with E-state index in [0.29, 0.717) is 0 Å². The van der Waals surface area contributed by atoms with Gasteiger partial charge in [-0.25, -0.2) is 0 Å². The normalized spacial score (nSPS) is 25.6. The number of carbonyl (C=O) groups is 1. The van der Waals surface area contributed by atoms with Crippen molar-refractivity contribution in [1.29, 1.82) is 0 Å². The molecule has 0 spiro atoms. The number of aldehydes is 1. The highest BCUT2D eigenvalue weighted by atomic mass is 16.1. The number of hydrogen-bond acceptors (Lipinski definition) is 1. The molecule has 1 aliphatic rings. The lowest BCUT2D eigenvalue weighted by atomic mass is 10.1. The van der Waals surface area contributed by atoms with E-state index in [0.717, 1.165) is 11.9 Å². The first-order valence-corrected chi connectivity index (χ1v) is 2.65. The fourth-order valence-corrected chi connectivity index (χ4v) is 0.743. The molecule has 0 fully saturated rings. The predicted octanol–water partition coefficient (Wildman–Crippen LogP) is 1.32. The van der Waals surface area contributed by atoms with Crippen LogP contribution in [0.4, 0.5) is 0 Å². The molecule has 1 atom stereocenters. The minimum atomic E-state index is 0.0648. The van der Waals surface area contributed by atoms with Gasteiger partial charge in [0.2, 0.25) is 0 Å². The van der Waals surface area contributed by atoms with Gasteiger partial charge in [0.1, 0.15) is 6.29 Å². The smallest absolute Gasteiger partial charge is 0.130 e. The number of rotatable bonds is 1. The van der Waals surface area contributed by atoms with Crippen molar-refractivity contribution in [2.45, 2.75) is 6.92 Å². The van der Waals surface area contributed by atoms with Crippen LogP contribution in [0.25, 0.3) is 0 Å². The van der Waals surface area contributed by atoms with Gasteiger partial charge in [0.05, 0.1) is 5.92 Å². The van der Waals surface area contributed by atoms with Gasteiger partial charge in [-0.15, -0.1) is 0 Å². The van der Waals surface area contributed by atoms with E-state index < -0.39 is 0 Å². The van der Waals surface area contributed by atoms with Gasteiger partial charge < -0.3 is 4.79 Å². The molecule has 0 aromatic carbocycles. The van der Waals surface area contributed by atoms with Crippen LogP contribution in [0.1, 0.15) is 6.92 Å². The van der Waals surface area contributed by atoms with E-state index in [1.807, 2.05) is 25.2 Å². The largest absolute Gasteiger partial charge is 0.302 e. The Morgan fingerprint density at radius 1 is 1.75 bits per heavy atom. The average Bonchev–Trinajstić information content (AvgIpc) is 2.14. The highest BCUT2D eigenvalue weighted by Crippen LogP contribution is 2.14. The molecular formula is C7H8O. The molecular weight excluding hydrogens is 100 g/mol. The van der Waals surface area contributed by atoms with Crippen LogP contribution in [0, 0.1) is 5.92 Å². The maximum Gasteiger partial charge on any atom is 0.130 e. The van der Waals surface area contributed by atoms with Crippen molar-refractivity contribution in [2.24, 2.45) is 5.92 Å². The summed E-state index contributed by atoms with van der Waals surface area (Å²) in [6.07, 6.45) is 6.71. The second kappa shape index (κ2) is 1.95. The molecule has 0 heterocycles. The van der Waals surface area contributed by atoms with E-state index in [1.165, 1.54) is 0 Å². The lowest BCUT2D eigenvalue weighted by Crippen LogP contribution is -1.94. The molecule has 0 aromatic rings. The molecule has 0 unspecified atom stereocenters. The number of allylic oxidation sites excluding steroid dienone is 4. The summed E-state index contributed by atoms with van der Waals surface area (Å²) in [6.45, 7) is 1.96. The molecule has 0 aromatic heterocycles. The van der Waals surface area contributed by atoms with E-state index in [2.05, 4.69) is 0 Å². The zero-order chi connectivity index (χ0) is 5.98. The van der Waals surface area contributed by atoms with Gasteiger partial charge in [-0.05, 0) is 6.92 Å². The minimum Gasteiger partial charge on any atom is -0.302 e. The molecule has 42 valence electrons. The number of carbonyl (C=O) groups excluding carboxylic acids is 1. The van der Waals surface area contributed by atoms with Crippen LogP contribution in [0.15, 0.2) is 23.8 Å². The Bertz CT molecular complexity index is 154. The summed E-state index contributed by atoms with van der Waals surface area (Å²) in [6, 6.07) is 0. The predicted molar refractivity (Wildman–Crippen MR) is 32.5 cm³/mol. The van der Waals surface area contributed by atoms with Gasteiger partial charge in [0.25, 0.3) is 0 Å². The van der Waals surface area contributed by atoms with E-state index in [1.54, 1.807) is 0 Å². The quantitative estimate of drug-likeness (QED) is 0.463. The third-order valence-corrected chi connectivity index (χ3v) is 1.35. The zero-order valence-electron chi connectivity index (χ0n) is 4.79. The molecule has 8 heavy (non-hydrogen) atoms. The van der Waals surface area contributed by atoms with Crippen molar-refractivity contribution in [3.05, 3.63) is 23.8 Å². The van der Waals surface area contributed by atoms with Crippen molar-refractivity contribution < 1.29 is 4.79 Å². The van der Waals surface area contributed by atoms with Crippen LogP contribution in [0.3, 0.4) is 0 Å². The molecule has 0 aliphatic heterocycles. The van der Waals surface area contributed by atoms with Gasteiger partial charge in [0.15, 0.2) is 0 Å². The van der Waals surface area contributed by atoms with Crippen LogP contribution in [-0.2, 0) is 4.79 Å². The maximum atomic E-state index is 10.1. The van der Waals surface area contributed by atoms with Crippen molar-refractivity contribution in [3.8, 4) is 0 Å². The summed E-state index contributed by atoms with van der Waals surface area (Å²) in [7, 11) is 0. The zero-order valence-corrected chi connectivity index (χ0v) is 4.79. The Labute approximate surface area is 48.7 Å². The second-order valence-electron chi connectivity index (χ2n) is 1.96. The monoisotopic (exact) mass is 108 g/mol. The third-order valence-electron chi connectivity index (χ3n) is 1.35. The van der Waals surface area contributed by atoms with Gasteiger partial charge in [0, 0.05) is 0 Å². The van der Waals surface area contributed by atoms with E-state index in [4.69, 9.17) is 0 Å². The van der Waals surface area contributed by atoms with E-state index >= 15 is 0 Å². The molecule has 1 heteroatoms. The van der Waals surface area contributed by atoms with Crippen LogP contribution >= 0.6 is 0 Å². The molecule has 1 nitrogen and oxygen atoms in total. The molecule has 0 saturated heterocycles. The highest BCUT2D eigenvalue weighted by molar-refractivity contribution is 5.63. The Kier molecular flexibility index (Phi) is 1.29. The molecule has 0 N–H and O–H groups in total. The van der Waals surface area contributed by atoms with Crippen molar-refractivity contribution >= 4 is 6.29 Å². The van der Waals surface area contributed by atoms with E-state index in [-0.39, 0.29) is 5.92 Å². The highest BCUT2D eigenvalue weighted by Gasteiger charge is 2.06. The van der Waals surface area contributed by atoms with Gasteiger partial charge >= 0.3 is 0 Å². The Hall–Kier alpha value is -0.850. The summed E-state index contributed by atoms with van der Waals surface area (Å²) < 4.78 is 0. The van der Waals surface area contributed by atoms with Crippen LogP contribution in [-0.4, -0.2) is 6.29 Å². The summed E-state index contributed by atoms with van der Waals surface area (Å²) in [5, 5.41) is 0. The first-order chi connectivity index (χ1) is 3.84. The lowest BCUT2D eigenvalue weighted by Gasteiger charge is -1.95. The van der Waals surface area contributed by atoms with Gasteiger partial charge in [-0.2, -0.15) is 0 Å². The van der Waals surface area contributed by atoms with Crippen molar-refractivity contribution in [3.63, 3.8) is 0 Å². The molecule has 0 amide bonds. The SMILES string of the molecule is CC1=CC=C[C@H]1C=O. The fraction of sp³-hybridized carbons (Fsp3) is 0.286. The molecule has 1 aliphatic carbocycles. The van der Waals surface area contributed by atoms with Crippen LogP contribution in [0.5, 0.6) is 0 Å². The first-order valence-electron chi connectivity index (χ1n) is 2.65. The summed E-state index contributed by atoms with van der Waals surface area (Å²) in [4.78, 5) is 10.1. The van der Waals surface area contributed by atoms with Crippen molar-refractivity contribution in [2.75, 3.05) is 0 Å². The average molecular weight is 108 g/mol. The summed E-state index contributed by atoms with van der Waals surface area (Å²) >= 11 is 0. The molecule has 0 radical (unpaired) electrons. The summed E-state index contributed by atoms with van der Waals surface area (Å²) in [5.74, 6) is 0.0648. The number of hydrogen-bond donors (Lipinski definition) is 0. The topological polar surface area (TPSA) is 17.1 Å². The second-order valence-corrected chi connectivity index (χ2v) is 1.96. The van der Waals surface area contributed by atoms with Crippen molar-refractivity contribution in [1.82, 2.24) is 0 Å². The third kappa shape index (κ3) is 0.713. The lowest BCUT2D eigenvalue weighted by molar-refractivity contribution is -0.109. The fourth-order valence-electron chi connectivity index (χ4n) is 0.743. The molecule has 0 saturated carbocycles. The molecule has 0 bridgehead atoms. The van der Waals surface area contributed by atoms with Gasteiger partial charge in [-0.1, -0.05) is 23.8 Å². The summed E-state index contributed by atoms with van der Waals surface area (Å²) in [5.41, 5.74) is 1.14. The Morgan fingerprint density at radius 3 is 2.75 bits per heavy atom. The maximum absolute atomic E-state index is 10.1. The Morgan fingerprint density at radius 2 is 2.50 bits per heavy atom. The standard InChI is InChI=1S/C7H8O/c1-6-3-2-4-7(6)5-8/h2-5,7H,1H3/t7-/m0/s1. The first kappa shape index (κ1) is 5.29. The van der Waals surface area contributed by atoms with Gasteiger partial charge in [-0.3, -0.25) is 0 Å². The molecule has 1 rings (SSSR count). The Balaban J connectivity index is 2.71. The van der Waals surface area contributed by atoms with E-state index in [9.17, 15) is 4.79 Å². The van der Waals surface area contributed by atoms with Crippen LogP contribution < -0.4 is 0 Å².